The molecule has 2 aromatic rings. The molecule has 1 spiro atoms. The average Bonchev–Trinajstić information content (AvgIpc) is 2.88. The predicted molar refractivity (Wildman–Crippen MR) is 106 cm³/mol. The van der Waals surface area contributed by atoms with Gasteiger partial charge in [-0.15, -0.1) is 0 Å². The van der Waals surface area contributed by atoms with Crippen molar-refractivity contribution in [2.75, 3.05) is 11.9 Å². The van der Waals surface area contributed by atoms with E-state index in [2.05, 4.69) is 10.6 Å². The van der Waals surface area contributed by atoms with Gasteiger partial charge in [-0.2, -0.15) is 0 Å². The van der Waals surface area contributed by atoms with Crippen LogP contribution < -0.4 is 10.6 Å². The normalized spacial score (nSPS) is 20.9. The second-order valence-electron chi connectivity index (χ2n) is 7.36. The zero-order chi connectivity index (χ0) is 19.9. The zero-order valence-corrected chi connectivity index (χ0v) is 16.2. The van der Waals surface area contributed by atoms with Gasteiger partial charge in [-0.25, -0.2) is 4.79 Å². The van der Waals surface area contributed by atoms with E-state index in [-0.39, 0.29) is 12.5 Å². The van der Waals surface area contributed by atoms with Crippen molar-refractivity contribution in [3.8, 4) is 0 Å². The van der Waals surface area contributed by atoms with Crippen molar-refractivity contribution in [3.63, 3.8) is 0 Å². The van der Waals surface area contributed by atoms with E-state index in [1.54, 1.807) is 18.2 Å². The maximum Gasteiger partial charge on any atom is 0.325 e. The van der Waals surface area contributed by atoms with Crippen LogP contribution in [-0.4, -0.2) is 34.8 Å². The van der Waals surface area contributed by atoms with Gasteiger partial charge < -0.3 is 10.6 Å². The van der Waals surface area contributed by atoms with E-state index in [4.69, 9.17) is 11.6 Å². The van der Waals surface area contributed by atoms with Gasteiger partial charge in [0.25, 0.3) is 5.91 Å². The highest BCUT2D eigenvalue weighted by molar-refractivity contribution is 6.31. The van der Waals surface area contributed by atoms with Gasteiger partial charge in [0, 0.05) is 17.1 Å². The molecule has 1 saturated heterocycles. The fraction of sp³-hybridized carbons (Fsp3) is 0.286. The fourth-order valence-electron chi connectivity index (χ4n) is 3.91. The molecular weight excluding hydrogens is 378 g/mol. The number of carbonyl (C=O) groups is 3. The number of benzene rings is 2. The molecule has 1 aliphatic heterocycles. The van der Waals surface area contributed by atoms with Crippen LogP contribution in [0, 0.1) is 6.92 Å². The number of aryl methyl sites for hydroxylation is 2. The van der Waals surface area contributed by atoms with E-state index in [1.165, 1.54) is 5.56 Å². The highest BCUT2D eigenvalue weighted by Gasteiger charge is 2.52. The summed E-state index contributed by atoms with van der Waals surface area (Å²) in [5, 5.41) is 6.06. The van der Waals surface area contributed by atoms with E-state index < -0.39 is 17.5 Å². The lowest BCUT2D eigenvalue weighted by Gasteiger charge is -2.32. The Morgan fingerprint density at radius 2 is 1.96 bits per heavy atom. The molecule has 0 aromatic heterocycles. The maximum atomic E-state index is 13.1. The molecule has 2 aromatic carbocycles. The number of hydrogen-bond acceptors (Lipinski definition) is 3. The first-order chi connectivity index (χ1) is 13.4. The van der Waals surface area contributed by atoms with Gasteiger partial charge in [-0.1, -0.05) is 41.9 Å². The highest BCUT2D eigenvalue weighted by Crippen LogP contribution is 2.33. The number of rotatable bonds is 3. The van der Waals surface area contributed by atoms with E-state index in [0.29, 0.717) is 30.0 Å². The molecule has 1 unspecified atom stereocenters. The van der Waals surface area contributed by atoms with Crippen molar-refractivity contribution < 1.29 is 14.4 Å². The number of imide groups is 1. The first kappa shape index (κ1) is 18.5. The summed E-state index contributed by atoms with van der Waals surface area (Å²) in [5.74, 6) is -0.785. The molecule has 1 atom stereocenters. The third-order valence-electron chi connectivity index (χ3n) is 5.45. The Morgan fingerprint density at radius 3 is 2.75 bits per heavy atom. The second kappa shape index (κ2) is 6.95. The Balaban J connectivity index is 1.49. The summed E-state index contributed by atoms with van der Waals surface area (Å²) in [5.41, 5.74) is 2.70. The number of urea groups is 1. The summed E-state index contributed by atoms with van der Waals surface area (Å²) in [6.07, 6.45) is 1.68. The lowest BCUT2D eigenvalue weighted by atomic mass is 9.78. The topological polar surface area (TPSA) is 78.5 Å². The van der Waals surface area contributed by atoms with Crippen LogP contribution in [0.2, 0.25) is 5.02 Å². The molecule has 0 bridgehead atoms. The molecular formula is C21H20ClN3O3. The number of fused-ring (bicyclic) bond motifs is 1. The van der Waals surface area contributed by atoms with Gasteiger partial charge in [0.05, 0.1) is 0 Å². The van der Waals surface area contributed by atoms with Gasteiger partial charge >= 0.3 is 6.03 Å². The summed E-state index contributed by atoms with van der Waals surface area (Å²) < 4.78 is 0. The number of anilines is 1. The lowest BCUT2D eigenvalue weighted by molar-refractivity contribution is -0.134. The van der Waals surface area contributed by atoms with Gasteiger partial charge in [-0.05, 0) is 48.6 Å². The first-order valence-electron chi connectivity index (χ1n) is 9.15. The molecule has 4 amide bonds. The molecule has 1 aliphatic carbocycles. The predicted octanol–water partition coefficient (Wildman–Crippen LogP) is 3.07. The average molecular weight is 398 g/mol. The number of amides is 4. The SMILES string of the molecule is Cc1ccc(Cl)cc1NC(=O)CN1C(=O)NC2(CCc3ccccc3C2)C1=O. The Labute approximate surface area is 167 Å². The van der Waals surface area contributed by atoms with E-state index in [1.807, 2.05) is 31.2 Å². The van der Waals surface area contributed by atoms with Crippen LogP contribution in [0.4, 0.5) is 10.5 Å². The van der Waals surface area contributed by atoms with Crippen molar-refractivity contribution in [2.45, 2.75) is 31.7 Å². The van der Waals surface area contributed by atoms with Crippen molar-refractivity contribution >= 4 is 35.1 Å². The quantitative estimate of drug-likeness (QED) is 0.781. The Morgan fingerprint density at radius 1 is 1.21 bits per heavy atom. The van der Waals surface area contributed by atoms with Crippen LogP contribution in [0.25, 0.3) is 0 Å². The Kier molecular flexibility index (Phi) is 4.59. The van der Waals surface area contributed by atoms with Gasteiger partial charge in [0.15, 0.2) is 0 Å². The second-order valence-corrected chi connectivity index (χ2v) is 7.79. The minimum absolute atomic E-state index is 0.333. The third kappa shape index (κ3) is 3.24. The lowest BCUT2D eigenvalue weighted by Crippen LogP contribution is -2.51. The monoisotopic (exact) mass is 397 g/mol. The summed E-state index contributed by atoms with van der Waals surface area (Å²) >= 11 is 5.98. The molecule has 1 heterocycles. The van der Waals surface area contributed by atoms with E-state index in [9.17, 15) is 14.4 Å². The number of nitrogens with zero attached hydrogens (tertiary/aromatic N) is 1. The molecule has 144 valence electrons. The summed E-state index contributed by atoms with van der Waals surface area (Å²) in [6.45, 7) is 1.51. The number of hydrogen-bond donors (Lipinski definition) is 2. The summed E-state index contributed by atoms with van der Waals surface area (Å²) in [4.78, 5) is 39.0. The van der Waals surface area contributed by atoms with Crippen molar-refractivity contribution in [1.82, 2.24) is 10.2 Å². The fourth-order valence-corrected chi connectivity index (χ4v) is 4.08. The van der Waals surface area contributed by atoms with Crippen LogP contribution in [0.1, 0.15) is 23.1 Å². The highest BCUT2D eigenvalue weighted by atomic mass is 35.5. The number of halogens is 1. The van der Waals surface area contributed by atoms with Crippen LogP contribution in [0.15, 0.2) is 42.5 Å². The van der Waals surface area contributed by atoms with Crippen molar-refractivity contribution in [1.29, 1.82) is 0 Å². The minimum atomic E-state index is -0.961. The molecule has 2 aliphatic rings. The van der Waals surface area contributed by atoms with E-state index in [0.717, 1.165) is 16.0 Å². The van der Waals surface area contributed by atoms with Crippen LogP contribution in [-0.2, 0) is 22.4 Å². The molecule has 28 heavy (non-hydrogen) atoms. The van der Waals surface area contributed by atoms with Crippen LogP contribution in [0.3, 0.4) is 0 Å². The molecule has 4 rings (SSSR count). The molecule has 0 saturated carbocycles. The minimum Gasteiger partial charge on any atom is -0.324 e. The van der Waals surface area contributed by atoms with E-state index >= 15 is 0 Å². The smallest absolute Gasteiger partial charge is 0.324 e. The summed E-state index contributed by atoms with van der Waals surface area (Å²) in [6, 6.07) is 12.6. The first-order valence-corrected chi connectivity index (χ1v) is 9.53. The molecule has 1 fully saturated rings. The zero-order valence-electron chi connectivity index (χ0n) is 15.4. The van der Waals surface area contributed by atoms with Crippen LogP contribution in [0.5, 0.6) is 0 Å². The molecule has 2 N–H and O–H groups in total. The standard InChI is InChI=1S/C21H20ClN3O3/c1-13-6-7-16(22)10-17(13)23-18(26)12-25-19(27)21(24-20(25)28)9-8-14-4-2-3-5-15(14)11-21/h2-7,10H,8-9,11-12H2,1H3,(H,23,26)(H,24,28). The Hall–Kier alpha value is -2.86. The van der Waals surface area contributed by atoms with Crippen molar-refractivity contribution in [2.24, 2.45) is 0 Å². The molecule has 0 radical (unpaired) electrons. The third-order valence-corrected chi connectivity index (χ3v) is 5.69. The van der Waals surface area contributed by atoms with Gasteiger partial charge in [0.2, 0.25) is 5.91 Å². The number of carbonyl (C=O) groups excluding carboxylic acids is 3. The van der Waals surface area contributed by atoms with Crippen LogP contribution >= 0.6 is 11.6 Å². The van der Waals surface area contributed by atoms with Gasteiger partial charge in [-0.3, -0.25) is 14.5 Å². The summed E-state index contributed by atoms with van der Waals surface area (Å²) in [7, 11) is 0. The molecule has 7 heteroatoms. The Bertz CT molecular complexity index is 991. The van der Waals surface area contributed by atoms with Crippen molar-refractivity contribution in [3.05, 3.63) is 64.2 Å². The largest absolute Gasteiger partial charge is 0.325 e. The number of nitrogens with one attached hydrogen (secondary N) is 2. The maximum absolute atomic E-state index is 13.1. The molecule has 6 nitrogen and oxygen atoms in total. The van der Waals surface area contributed by atoms with Gasteiger partial charge in [0.1, 0.15) is 12.1 Å².